The maximum atomic E-state index is 14.3. The molecule has 31 heavy (non-hydrogen) atoms. The zero-order valence-electron chi connectivity index (χ0n) is 17.2. The molecule has 1 N–H and O–H groups in total. The average Bonchev–Trinajstić information content (AvgIpc) is 3.24. The minimum atomic E-state index is -0.264. The molecule has 4 rings (SSSR count). The Morgan fingerprint density at radius 2 is 2.00 bits per heavy atom. The van der Waals surface area contributed by atoms with Gasteiger partial charge in [-0.15, -0.1) is 0 Å². The number of ether oxygens (including phenoxy) is 1. The quantitative estimate of drug-likeness (QED) is 0.597. The molecule has 1 aliphatic rings. The van der Waals surface area contributed by atoms with Crippen molar-refractivity contribution >= 4 is 23.3 Å². The average molecular weight is 443 g/mol. The van der Waals surface area contributed by atoms with Crippen LogP contribution in [0, 0.1) is 5.82 Å². The molecule has 1 amide bonds. The van der Waals surface area contributed by atoms with E-state index in [1.807, 2.05) is 4.68 Å². The van der Waals surface area contributed by atoms with Crippen molar-refractivity contribution in [2.45, 2.75) is 25.4 Å². The molecule has 1 aliphatic heterocycles. The number of nitrogens with zero attached hydrogens (tertiary/aromatic N) is 3. The van der Waals surface area contributed by atoms with Crippen molar-refractivity contribution in [1.82, 2.24) is 14.7 Å². The predicted octanol–water partition coefficient (Wildman–Crippen LogP) is 4.77. The number of anilines is 1. The first-order valence-electron chi connectivity index (χ1n) is 10.2. The number of carbonyl (C=O) groups excluding carboxylic acids is 1. The van der Waals surface area contributed by atoms with Gasteiger partial charge in [0.05, 0.1) is 29.9 Å². The Morgan fingerprint density at radius 1 is 1.23 bits per heavy atom. The van der Waals surface area contributed by atoms with Crippen LogP contribution >= 0.6 is 11.6 Å². The second-order valence-corrected chi connectivity index (χ2v) is 7.97. The van der Waals surface area contributed by atoms with Crippen molar-refractivity contribution in [3.8, 4) is 5.75 Å². The van der Waals surface area contributed by atoms with Gasteiger partial charge < -0.3 is 10.1 Å². The van der Waals surface area contributed by atoms with Crippen molar-refractivity contribution in [2.24, 2.45) is 0 Å². The summed E-state index contributed by atoms with van der Waals surface area (Å²) >= 11 is 6.14. The van der Waals surface area contributed by atoms with E-state index in [1.54, 1.807) is 48.7 Å². The zero-order chi connectivity index (χ0) is 21.8. The number of hydrogen-bond donors (Lipinski definition) is 1. The summed E-state index contributed by atoms with van der Waals surface area (Å²) in [6, 6.07) is 13.9. The summed E-state index contributed by atoms with van der Waals surface area (Å²) < 4.78 is 21.2. The summed E-state index contributed by atoms with van der Waals surface area (Å²) in [4.78, 5) is 14.8. The SMILES string of the molecule is COc1ccc(CN2CCC(n3nccc3NC(=O)c3ccccc3Cl)CC2)c(F)c1. The van der Waals surface area contributed by atoms with Gasteiger partial charge in [0.2, 0.25) is 0 Å². The van der Waals surface area contributed by atoms with E-state index in [4.69, 9.17) is 16.3 Å². The van der Waals surface area contributed by atoms with Crippen LogP contribution in [0.2, 0.25) is 5.02 Å². The van der Waals surface area contributed by atoms with Crippen LogP contribution in [0.15, 0.2) is 54.7 Å². The van der Waals surface area contributed by atoms with E-state index in [9.17, 15) is 9.18 Å². The molecule has 0 bridgehead atoms. The highest BCUT2D eigenvalue weighted by atomic mass is 35.5. The van der Waals surface area contributed by atoms with Gasteiger partial charge in [-0.25, -0.2) is 9.07 Å². The molecule has 0 saturated carbocycles. The predicted molar refractivity (Wildman–Crippen MR) is 118 cm³/mol. The molecule has 1 saturated heterocycles. The summed E-state index contributed by atoms with van der Waals surface area (Å²) in [7, 11) is 1.53. The number of nitrogens with one attached hydrogen (secondary N) is 1. The fourth-order valence-electron chi connectivity index (χ4n) is 3.88. The van der Waals surface area contributed by atoms with Crippen molar-refractivity contribution in [3.05, 3.63) is 76.7 Å². The van der Waals surface area contributed by atoms with E-state index in [1.165, 1.54) is 13.2 Å². The van der Waals surface area contributed by atoms with Crippen LogP contribution in [0.25, 0.3) is 0 Å². The lowest BCUT2D eigenvalue weighted by Crippen LogP contribution is -2.35. The number of likely N-dealkylation sites (tertiary alicyclic amines) is 1. The summed E-state index contributed by atoms with van der Waals surface area (Å²) in [5.41, 5.74) is 1.08. The third kappa shape index (κ3) is 4.89. The van der Waals surface area contributed by atoms with E-state index < -0.39 is 0 Å². The fraction of sp³-hybridized carbons (Fsp3) is 0.304. The van der Waals surface area contributed by atoms with Crippen LogP contribution in [0.3, 0.4) is 0 Å². The molecule has 162 valence electrons. The van der Waals surface area contributed by atoms with Crippen LogP contribution in [-0.4, -0.2) is 40.8 Å². The Bertz CT molecular complexity index is 1060. The largest absolute Gasteiger partial charge is 0.497 e. The molecule has 0 radical (unpaired) electrons. The second-order valence-electron chi connectivity index (χ2n) is 7.56. The van der Waals surface area contributed by atoms with Crippen LogP contribution in [0.4, 0.5) is 10.2 Å². The Kier molecular flexibility index (Phi) is 6.53. The topological polar surface area (TPSA) is 59.4 Å². The number of piperidine rings is 1. The van der Waals surface area contributed by atoms with Gasteiger partial charge in [-0.1, -0.05) is 29.8 Å². The number of hydrogen-bond acceptors (Lipinski definition) is 4. The van der Waals surface area contributed by atoms with E-state index in [2.05, 4.69) is 15.3 Å². The number of methoxy groups -OCH3 is 1. The lowest BCUT2D eigenvalue weighted by atomic mass is 10.0. The van der Waals surface area contributed by atoms with E-state index >= 15 is 0 Å². The fourth-order valence-corrected chi connectivity index (χ4v) is 4.10. The highest BCUT2D eigenvalue weighted by Gasteiger charge is 2.24. The van der Waals surface area contributed by atoms with Gasteiger partial charge in [0.25, 0.3) is 5.91 Å². The molecule has 1 aromatic heterocycles. The Balaban J connectivity index is 1.37. The van der Waals surface area contributed by atoms with Crippen LogP contribution in [0.5, 0.6) is 5.75 Å². The Morgan fingerprint density at radius 3 is 2.71 bits per heavy atom. The van der Waals surface area contributed by atoms with Gasteiger partial charge >= 0.3 is 0 Å². The van der Waals surface area contributed by atoms with Gasteiger partial charge in [-0.2, -0.15) is 5.10 Å². The third-order valence-corrected chi connectivity index (χ3v) is 5.92. The molecule has 0 atom stereocenters. The van der Waals surface area contributed by atoms with Gasteiger partial charge in [0, 0.05) is 37.3 Å². The summed E-state index contributed by atoms with van der Waals surface area (Å²) in [6.07, 6.45) is 3.39. The summed E-state index contributed by atoms with van der Waals surface area (Å²) in [5.74, 6) is 0.646. The molecular weight excluding hydrogens is 419 g/mol. The van der Waals surface area contributed by atoms with E-state index in [0.29, 0.717) is 34.3 Å². The molecule has 3 aromatic rings. The number of amides is 1. The highest BCUT2D eigenvalue weighted by Crippen LogP contribution is 2.27. The number of aromatic nitrogens is 2. The van der Waals surface area contributed by atoms with Gasteiger partial charge in [0.15, 0.2) is 0 Å². The molecule has 0 aliphatic carbocycles. The van der Waals surface area contributed by atoms with Crippen LogP contribution < -0.4 is 10.1 Å². The molecule has 6 nitrogen and oxygen atoms in total. The molecule has 2 heterocycles. The molecule has 8 heteroatoms. The van der Waals surface area contributed by atoms with Gasteiger partial charge in [0.1, 0.15) is 17.4 Å². The first-order valence-corrected chi connectivity index (χ1v) is 10.6. The molecule has 0 unspecified atom stereocenters. The minimum Gasteiger partial charge on any atom is -0.497 e. The number of rotatable bonds is 6. The van der Waals surface area contributed by atoms with Gasteiger partial charge in [-0.3, -0.25) is 9.69 Å². The minimum absolute atomic E-state index is 0.161. The zero-order valence-corrected chi connectivity index (χ0v) is 18.0. The highest BCUT2D eigenvalue weighted by molar-refractivity contribution is 6.34. The standard InChI is InChI=1S/C23H24ClFN4O2/c1-31-18-7-6-16(21(25)14-18)15-28-12-9-17(10-13-28)29-22(8-11-26-29)27-23(30)19-4-2-3-5-20(19)24/h2-8,11,14,17H,9-10,12-13,15H2,1H3,(H,27,30). The monoisotopic (exact) mass is 442 g/mol. The van der Waals surface area contributed by atoms with Crippen molar-refractivity contribution in [1.29, 1.82) is 0 Å². The maximum absolute atomic E-state index is 14.3. The lowest BCUT2D eigenvalue weighted by Gasteiger charge is -2.32. The number of carbonyl (C=O) groups is 1. The first kappa shape index (κ1) is 21.3. The lowest BCUT2D eigenvalue weighted by molar-refractivity contribution is 0.102. The molecule has 0 spiro atoms. The van der Waals surface area contributed by atoms with E-state index in [-0.39, 0.29) is 17.8 Å². The summed E-state index contributed by atoms with van der Waals surface area (Å²) in [5, 5.41) is 7.75. The Hall–Kier alpha value is -2.90. The smallest absolute Gasteiger partial charge is 0.258 e. The van der Waals surface area contributed by atoms with Crippen molar-refractivity contribution in [3.63, 3.8) is 0 Å². The maximum Gasteiger partial charge on any atom is 0.258 e. The van der Waals surface area contributed by atoms with Crippen molar-refractivity contribution < 1.29 is 13.9 Å². The Labute approximate surface area is 185 Å². The molecule has 1 fully saturated rings. The molecule has 2 aromatic carbocycles. The number of halogens is 2. The third-order valence-electron chi connectivity index (χ3n) is 5.59. The van der Waals surface area contributed by atoms with Gasteiger partial charge in [-0.05, 0) is 31.0 Å². The number of benzene rings is 2. The van der Waals surface area contributed by atoms with Crippen LogP contribution in [-0.2, 0) is 6.54 Å². The normalized spacial score (nSPS) is 15.1. The second kappa shape index (κ2) is 9.49. The van der Waals surface area contributed by atoms with Crippen molar-refractivity contribution in [2.75, 3.05) is 25.5 Å². The van der Waals surface area contributed by atoms with Crippen LogP contribution in [0.1, 0.15) is 34.8 Å². The summed E-state index contributed by atoms with van der Waals surface area (Å²) in [6.45, 7) is 2.18. The molecular formula is C23H24ClFN4O2. The van der Waals surface area contributed by atoms with E-state index in [0.717, 1.165) is 25.9 Å². The first-order chi connectivity index (χ1) is 15.0.